The highest BCUT2D eigenvalue weighted by atomic mass is 35.5. The van der Waals surface area contributed by atoms with Gasteiger partial charge in [0.2, 0.25) is 0 Å². The molecule has 0 amide bonds. The summed E-state index contributed by atoms with van der Waals surface area (Å²) >= 11 is 5.87. The van der Waals surface area contributed by atoms with Crippen molar-refractivity contribution in [3.8, 4) is 0 Å². The number of rotatable bonds is 5. The Hall–Kier alpha value is -0.650. The van der Waals surface area contributed by atoms with E-state index in [1.807, 2.05) is 0 Å². The van der Waals surface area contributed by atoms with Crippen LogP contribution in [-0.2, 0) is 21.9 Å². The van der Waals surface area contributed by atoms with Crippen molar-refractivity contribution in [2.45, 2.75) is 31.2 Å². The van der Waals surface area contributed by atoms with Gasteiger partial charge in [0.05, 0.1) is 12.5 Å². The molecule has 0 saturated carbocycles. The number of hydrogen-bond donors (Lipinski definition) is 0. The minimum absolute atomic E-state index is 0.389. The first-order valence-corrected chi connectivity index (χ1v) is 6.45. The number of nitrogens with zero attached hydrogens (tertiary/aromatic N) is 3. The number of halogens is 1. The summed E-state index contributed by atoms with van der Waals surface area (Å²) in [5, 5.41) is 8.43. The Kier molecular flexibility index (Phi) is 4.76. The highest BCUT2D eigenvalue weighted by molar-refractivity contribution is 6.16. The van der Waals surface area contributed by atoms with Crippen LogP contribution >= 0.6 is 11.6 Å². The highest BCUT2D eigenvalue weighted by Gasteiger charge is 2.23. The maximum absolute atomic E-state index is 5.87. The summed E-state index contributed by atoms with van der Waals surface area (Å²) < 4.78 is 12.6. The molecule has 0 aliphatic carbocycles. The molecule has 1 aliphatic heterocycles. The van der Waals surface area contributed by atoms with E-state index >= 15 is 0 Å². The van der Waals surface area contributed by atoms with E-state index in [0.717, 1.165) is 44.2 Å². The number of alkyl halides is 1. The molecule has 0 aromatic carbocycles. The zero-order valence-electron chi connectivity index (χ0n) is 10.1. The molecule has 96 valence electrons. The lowest BCUT2D eigenvalue weighted by Gasteiger charge is -2.22. The van der Waals surface area contributed by atoms with E-state index in [0.29, 0.717) is 18.4 Å². The molecule has 0 spiro atoms. The minimum atomic E-state index is 0.389. The Morgan fingerprint density at radius 1 is 1.41 bits per heavy atom. The second-order valence-corrected chi connectivity index (χ2v) is 4.41. The molecule has 0 N–H and O–H groups in total. The zero-order chi connectivity index (χ0) is 12.1. The third-order valence-electron chi connectivity index (χ3n) is 3.08. The van der Waals surface area contributed by atoms with Crippen molar-refractivity contribution < 1.29 is 9.47 Å². The molecule has 5 nitrogen and oxygen atoms in total. The molecule has 1 fully saturated rings. The Labute approximate surface area is 106 Å². The lowest BCUT2D eigenvalue weighted by Crippen LogP contribution is -2.20. The van der Waals surface area contributed by atoms with Crippen LogP contribution in [-0.4, -0.2) is 41.7 Å². The van der Waals surface area contributed by atoms with Gasteiger partial charge in [-0.05, 0) is 12.8 Å². The molecule has 0 radical (unpaired) electrons. The van der Waals surface area contributed by atoms with Crippen LogP contribution in [0.3, 0.4) is 0 Å². The molecule has 6 heteroatoms. The summed E-state index contributed by atoms with van der Waals surface area (Å²) in [7, 11) is 1.69. The lowest BCUT2D eigenvalue weighted by molar-refractivity contribution is 0.0822. The molecule has 2 rings (SSSR count). The van der Waals surface area contributed by atoms with E-state index in [9.17, 15) is 0 Å². The van der Waals surface area contributed by atoms with Gasteiger partial charge < -0.3 is 14.0 Å². The summed E-state index contributed by atoms with van der Waals surface area (Å²) in [5.41, 5.74) is 0. The van der Waals surface area contributed by atoms with E-state index in [-0.39, 0.29) is 0 Å². The lowest BCUT2D eigenvalue weighted by atomic mass is 9.99. The van der Waals surface area contributed by atoms with Gasteiger partial charge in [0, 0.05) is 32.8 Å². The molecular formula is C11H18ClN3O2. The van der Waals surface area contributed by atoms with Gasteiger partial charge in [0.1, 0.15) is 11.6 Å². The van der Waals surface area contributed by atoms with Crippen molar-refractivity contribution in [2.24, 2.45) is 0 Å². The Bertz CT molecular complexity index is 350. The Morgan fingerprint density at radius 2 is 2.18 bits per heavy atom. The molecule has 17 heavy (non-hydrogen) atoms. The van der Waals surface area contributed by atoms with E-state index in [2.05, 4.69) is 14.8 Å². The summed E-state index contributed by atoms with van der Waals surface area (Å²) in [6.07, 6.45) is 2.01. The normalized spacial score (nSPS) is 17.5. The minimum Gasteiger partial charge on any atom is -0.383 e. The summed E-state index contributed by atoms with van der Waals surface area (Å²) in [6.45, 7) is 3.02. The molecule has 0 atom stereocenters. The first kappa shape index (κ1) is 12.8. The maximum atomic E-state index is 5.87. The van der Waals surface area contributed by atoms with Crippen molar-refractivity contribution in [3.05, 3.63) is 11.6 Å². The summed E-state index contributed by atoms with van der Waals surface area (Å²) in [4.78, 5) is 0. The average Bonchev–Trinajstić information content (AvgIpc) is 2.80. The Balaban J connectivity index is 2.16. The van der Waals surface area contributed by atoms with E-state index in [1.54, 1.807) is 7.11 Å². The van der Waals surface area contributed by atoms with Crippen LogP contribution in [0.5, 0.6) is 0 Å². The average molecular weight is 260 g/mol. The highest BCUT2D eigenvalue weighted by Crippen LogP contribution is 2.26. The van der Waals surface area contributed by atoms with Crippen LogP contribution in [0.1, 0.15) is 30.4 Å². The predicted octanol–water partition coefficient (Wildman–Crippen LogP) is 1.56. The van der Waals surface area contributed by atoms with Crippen molar-refractivity contribution >= 4 is 11.6 Å². The van der Waals surface area contributed by atoms with Crippen LogP contribution in [0.25, 0.3) is 0 Å². The molecule has 0 unspecified atom stereocenters. The number of ether oxygens (including phenoxy) is 2. The quantitative estimate of drug-likeness (QED) is 0.753. The van der Waals surface area contributed by atoms with Crippen molar-refractivity contribution in [2.75, 3.05) is 26.9 Å². The smallest absolute Gasteiger partial charge is 0.148 e. The van der Waals surface area contributed by atoms with Crippen LogP contribution < -0.4 is 0 Å². The van der Waals surface area contributed by atoms with Crippen molar-refractivity contribution in [3.63, 3.8) is 0 Å². The van der Waals surface area contributed by atoms with Gasteiger partial charge in [-0.2, -0.15) is 0 Å². The van der Waals surface area contributed by atoms with Crippen LogP contribution in [0.4, 0.5) is 0 Å². The van der Waals surface area contributed by atoms with Crippen LogP contribution in [0.2, 0.25) is 0 Å². The van der Waals surface area contributed by atoms with E-state index in [4.69, 9.17) is 21.1 Å². The van der Waals surface area contributed by atoms with Gasteiger partial charge in [-0.15, -0.1) is 21.8 Å². The standard InChI is InChI=1S/C11H18ClN3O2/c1-16-7-4-15-10(8-12)13-14-11(15)9-2-5-17-6-3-9/h9H,2-8H2,1H3. The van der Waals surface area contributed by atoms with Crippen molar-refractivity contribution in [1.29, 1.82) is 0 Å². The van der Waals surface area contributed by atoms with Crippen molar-refractivity contribution in [1.82, 2.24) is 14.8 Å². The second kappa shape index (κ2) is 6.33. The first-order valence-electron chi connectivity index (χ1n) is 5.91. The molecular weight excluding hydrogens is 242 g/mol. The molecule has 2 heterocycles. The van der Waals surface area contributed by atoms with E-state index < -0.39 is 0 Å². The first-order chi connectivity index (χ1) is 8.36. The monoisotopic (exact) mass is 259 g/mol. The van der Waals surface area contributed by atoms with Gasteiger partial charge >= 0.3 is 0 Å². The fourth-order valence-electron chi connectivity index (χ4n) is 2.13. The van der Waals surface area contributed by atoms with Crippen LogP contribution in [0.15, 0.2) is 0 Å². The summed E-state index contributed by atoms with van der Waals surface area (Å²) in [6, 6.07) is 0. The number of methoxy groups -OCH3 is 1. The summed E-state index contributed by atoms with van der Waals surface area (Å²) in [5.74, 6) is 2.68. The zero-order valence-corrected chi connectivity index (χ0v) is 10.8. The topological polar surface area (TPSA) is 49.2 Å². The molecule has 1 saturated heterocycles. The predicted molar refractivity (Wildman–Crippen MR) is 64.2 cm³/mol. The molecule has 0 bridgehead atoms. The second-order valence-electron chi connectivity index (χ2n) is 4.14. The fraction of sp³-hybridized carbons (Fsp3) is 0.818. The Morgan fingerprint density at radius 3 is 2.82 bits per heavy atom. The van der Waals surface area contributed by atoms with Gasteiger partial charge in [-0.25, -0.2) is 0 Å². The largest absolute Gasteiger partial charge is 0.383 e. The molecule has 1 aromatic heterocycles. The SMILES string of the molecule is COCCn1c(CCl)nnc1C1CCOCC1. The van der Waals surface area contributed by atoms with Gasteiger partial charge in [-0.1, -0.05) is 0 Å². The van der Waals surface area contributed by atoms with Gasteiger partial charge in [0.15, 0.2) is 0 Å². The number of aromatic nitrogens is 3. The maximum Gasteiger partial charge on any atom is 0.148 e. The van der Waals surface area contributed by atoms with E-state index in [1.165, 1.54) is 0 Å². The van der Waals surface area contributed by atoms with Gasteiger partial charge in [-0.3, -0.25) is 0 Å². The third-order valence-corrected chi connectivity index (χ3v) is 3.32. The molecule has 1 aliphatic rings. The molecule has 1 aromatic rings. The fourth-order valence-corrected chi connectivity index (χ4v) is 2.33. The third kappa shape index (κ3) is 2.97. The number of hydrogen-bond acceptors (Lipinski definition) is 4. The van der Waals surface area contributed by atoms with Crippen LogP contribution in [0, 0.1) is 0 Å². The van der Waals surface area contributed by atoms with Gasteiger partial charge in [0.25, 0.3) is 0 Å².